The van der Waals surface area contributed by atoms with E-state index in [-0.39, 0.29) is 6.42 Å². The molecule has 84 valence electrons. The molecular formula is C11H17NO2S. The molecule has 1 heterocycles. The molecule has 15 heavy (non-hydrogen) atoms. The number of carboxylic acid groups (broad SMARTS) is 1. The van der Waals surface area contributed by atoms with Gasteiger partial charge >= 0.3 is 5.97 Å². The van der Waals surface area contributed by atoms with Crippen molar-refractivity contribution >= 4 is 17.3 Å². The van der Waals surface area contributed by atoms with E-state index in [2.05, 4.69) is 11.9 Å². The molecule has 0 amide bonds. The van der Waals surface area contributed by atoms with Crippen LogP contribution in [0.5, 0.6) is 0 Å². The Labute approximate surface area is 94.2 Å². The van der Waals surface area contributed by atoms with E-state index in [1.165, 1.54) is 30.6 Å². The first-order valence-electron chi connectivity index (χ1n) is 5.37. The molecule has 0 spiro atoms. The van der Waals surface area contributed by atoms with Gasteiger partial charge in [-0.15, -0.1) is 11.3 Å². The first kappa shape index (κ1) is 12.2. The Morgan fingerprint density at radius 2 is 2.27 bits per heavy atom. The molecule has 0 bridgehead atoms. The van der Waals surface area contributed by atoms with E-state index >= 15 is 0 Å². The van der Waals surface area contributed by atoms with Crippen molar-refractivity contribution in [1.29, 1.82) is 0 Å². The SMILES string of the molecule is CCCCCCc1csc(CC(=O)O)n1. The van der Waals surface area contributed by atoms with Gasteiger partial charge in [-0.25, -0.2) is 4.98 Å². The second-order valence-corrected chi connectivity index (χ2v) is 4.56. The Balaban J connectivity index is 2.29. The van der Waals surface area contributed by atoms with Gasteiger partial charge in [-0.3, -0.25) is 4.79 Å². The average molecular weight is 227 g/mol. The Morgan fingerprint density at radius 3 is 2.93 bits per heavy atom. The topological polar surface area (TPSA) is 50.2 Å². The average Bonchev–Trinajstić information content (AvgIpc) is 2.59. The van der Waals surface area contributed by atoms with Gasteiger partial charge in [-0.1, -0.05) is 26.2 Å². The Kier molecular flexibility index (Phi) is 5.32. The predicted octanol–water partition coefficient (Wildman–Crippen LogP) is 2.89. The zero-order valence-corrected chi connectivity index (χ0v) is 9.85. The molecule has 0 aliphatic rings. The number of aromatic nitrogens is 1. The summed E-state index contributed by atoms with van der Waals surface area (Å²) in [5, 5.41) is 11.3. The van der Waals surface area contributed by atoms with E-state index in [1.54, 1.807) is 0 Å². The summed E-state index contributed by atoms with van der Waals surface area (Å²) in [6.45, 7) is 2.19. The summed E-state index contributed by atoms with van der Waals surface area (Å²) in [7, 11) is 0. The molecule has 1 rings (SSSR count). The van der Waals surface area contributed by atoms with Gasteiger partial charge in [0.2, 0.25) is 0 Å². The third-order valence-corrected chi connectivity index (χ3v) is 3.09. The zero-order valence-electron chi connectivity index (χ0n) is 9.03. The third-order valence-electron chi connectivity index (χ3n) is 2.19. The fraction of sp³-hybridized carbons (Fsp3) is 0.636. The smallest absolute Gasteiger partial charge is 0.310 e. The van der Waals surface area contributed by atoms with Crippen LogP contribution in [-0.4, -0.2) is 16.1 Å². The lowest BCUT2D eigenvalue weighted by Crippen LogP contribution is -1.99. The lowest BCUT2D eigenvalue weighted by molar-refractivity contribution is -0.136. The number of hydrogen-bond donors (Lipinski definition) is 1. The summed E-state index contributed by atoms with van der Waals surface area (Å²) in [5.74, 6) is -0.804. The van der Waals surface area contributed by atoms with E-state index in [1.807, 2.05) is 5.38 Å². The molecule has 4 heteroatoms. The molecule has 0 unspecified atom stereocenters. The van der Waals surface area contributed by atoms with Gasteiger partial charge in [0, 0.05) is 5.38 Å². The van der Waals surface area contributed by atoms with Crippen LogP contribution in [0.4, 0.5) is 0 Å². The Hall–Kier alpha value is -0.900. The van der Waals surface area contributed by atoms with Crippen LogP contribution in [0.15, 0.2) is 5.38 Å². The lowest BCUT2D eigenvalue weighted by atomic mass is 10.1. The monoisotopic (exact) mass is 227 g/mol. The fourth-order valence-electron chi connectivity index (χ4n) is 1.41. The van der Waals surface area contributed by atoms with Crippen LogP contribution >= 0.6 is 11.3 Å². The number of carboxylic acids is 1. The van der Waals surface area contributed by atoms with Crippen LogP contribution in [0, 0.1) is 0 Å². The van der Waals surface area contributed by atoms with Gasteiger partial charge in [0.25, 0.3) is 0 Å². The lowest BCUT2D eigenvalue weighted by Gasteiger charge is -1.96. The number of unbranched alkanes of at least 4 members (excludes halogenated alkanes) is 3. The van der Waals surface area contributed by atoms with E-state index in [0.29, 0.717) is 5.01 Å². The number of aryl methyl sites for hydroxylation is 1. The van der Waals surface area contributed by atoms with Crippen molar-refractivity contribution in [2.24, 2.45) is 0 Å². The van der Waals surface area contributed by atoms with E-state index in [9.17, 15) is 4.79 Å². The number of aliphatic carboxylic acids is 1. The molecular weight excluding hydrogens is 210 g/mol. The summed E-state index contributed by atoms with van der Waals surface area (Å²) in [6.07, 6.45) is 5.94. The minimum atomic E-state index is -0.804. The van der Waals surface area contributed by atoms with Crippen molar-refractivity contribution in [2.75, 3.05) is 0 Å². The molecule has 0 saturated heterocycles. The molecule has 0 radical (unpaired) electrons. The van der Waals surface area contributed by atoms with Gasteiger partial charge in [-0.05, 0) is 12.8 Å². The molecule has 0 aliphatic heterocycles. The van der Waals surface area contributed by atoms with Crippen molar-refractivity contribution < 1.29 is 9.90 Å². The highest BCUT2D eigenvalue weighted by Gasteiger charge is 2.05. The Morgan fingerprint density at radius 1 is 1.47 bits per heavy atom. The maximum atomic E-state index is 10.4. The highest BCUT2D eigenvalue weighted by Crippen LogP contribution is 2.13. The standard InChI is InChI=1S/C11H17NO2S/c1-2-3-4-5-6-9-8-15-10(12-9)7-11(13)14/h8H,2-7H2,1H3,(H,13,14). The van der Waals surface area contributed by atoms with Gasteiger partial charge in [0.15, 0.2) is 0 Å². The summed E-state index contributed by atoms with van der Waals surface area (Å²) < 4.78 is 0. The molecule has 0 saturated carbocycles. The summed E-state index contributed by atoms with van der Waals surface area (Å²) in [5.41, 5.74) is 1.05. The minimum Gasteiger partial charge on any atom is -0.481 e. The molecule has 0 aliphatic carbocycles. The highest BCUT2D eigenvalue weighted by molar-refractivity contribution is 7.09. The minimum absolute atomic E-state index is 0.0552. The fourth-order valence-corrected chi connectivity index (χ4v) is 2.23. The molecule has 1 aromatic rings. The van der Waals surface area contributed by atoms with Crippen LogP contribution in [0.3, 0.4) is 0 Å². The van der Waals surface area contributed by atoms with E-state index < -0.39 is 5.97 Å². The summed E-state index contributed by atoms with van der Waals surface area (Å²) in [6, 6.07) is 0. The third kappa shape index (κ3) is 4.93. The summed E-state index contributed by atoms with van der Waals surface area (Å²) in [4.78, 5) is 14.7. The van der Waals surface area contributed by atoms with Gasteiger partial charge in [0.05, 0.1) is 12.1 Å². The van der Waals surface area contributed by atoms with Gasteiger partial charge in [0.1, 0.15) is 5.01 Å². The maximum absolute atomic E-state index is 10.4. The van der Waals surface area contributed by atoms with Crippen molar-refractivity contribution in [3.8, 4) is 0 Å². The van der Waals surface area contributed by atoms with Gasteiger partial charge in [-0.2, -0.15) is 0 Å². The van der Waals surface area contributed by atoms with Crippen LogP contribution in [-0.2, 0) is 17.6 Å². The second kappa shape index (κ2) is 6.56. The molecule has 0 fully saturated rings. The quantitative estimate of drug-likeness (QED) is 0.729. The molecule has 0 aromatic carbocycles. The predicted molar refractivity (Wildman–Crippen MR) is 61.3 cm³/mol. The molecule has 1 N–H and O–H groups in total. The van der Waals surface area contributed by atoms with Crippen LogP contribution in [0.2, 0.25) is 0 Å². The van der Waals surface area contributed by atoms with Gasteiger partial charge < -0.3 is 5.11 Å². The molecule has 0 atom stereocenters. The highest BCUT2D eigenvalue weighted by atomic mass is 32.1. The number of rotatable bonds is 7. The normalized spacial score (nSPS) is 10.5. The number of hydrogen-bond acceptors (Lipinski definition) is 3. The zero-order chi connectivity index (χ0) is 11.1. The van der Waals surface area contributed by atoms with Crippen molar-refractivity contribution in [3.05, 3.63) is 16.1 Å². The van der Waals surface area contributed by atoms with Crippen molar-refractivity contribution in [1.82, 2.24) is 4.98 Å². The number of carbonyl (C=O) groups is 1. The molecule has 1 aromatic heterocycles. The number of thiazole rings is 1. The maximum Gasteiger partial charge on any atom is 0.310 e. The second-order valence-electron chi connectivity index (χ2n) is 3.61. The molecule has 3 nitrogen and oxygen atoms in total. The summed E-state index contributed by atoms with van der Waals surface area (Å²) >= 11 is 1.45. The van der Waals surface area contributed by atoms with Crippen LogP contribution in [0.25, 0.3) is 0 Å². The van der Waals surface area contributed by atoms with Crippen molar-refractivity contribution in [3.63, 3.8) is 0 Å². The van der Waals surface area contributed by atoms with Crippen molar-refractivity contribution in [2.45, 2.75) is 45.4 Å². The van der Waals surface area contributed by atoms with E-state index in [4.69, 9.17) is 5.11 Å². The number of nitrogens with zero attached hydrogens (tertiary/aromatic N) is 1. The first-order chi connectivity index (χ1) is 7.22. The largest absolute Gasteiger partial charge is 0.481 e. The first-order valence-corrected chi connectivity index (χ1v) is 6.25. The Bertz CT molecular complexity index is 309. The van der Waals surface area contributed by atoms with Crippen LogP contribution in [0.1, 0.15) is 43.3 Å². The van der Waals surface area contributed by atoms with Crippen LogP contribution < -0.4 is 0 Å². The van der Waals surface area contributed by atoms with E-state index in [0.717, 1.165) is 18.5 Å².